The maximum absolute atomic E-state index is 12.4. The number of benzene rings is 2. The highest BCUT2D eigenvalue weighted by atomic mass is 32.2. The van der Waals surface area contributed by atoms with Crippen molar-refractivity contribution in [2.75, 3.05) is 6.86 Å². The Hall–Kier alpha value is -1.81. The Bertz CT molecular complexity index is 640. The van der Waals surface area contributed by atoms with E-state index in [0.29, 0.717) is 5.75 Å². The number of ether oxygens (including phenoxy) is 1. The summed E-state index contributed by atoms with van der Waals surface area (Å²) in [5.41, 5.74) is 1.49. The molecule has 0 fully saturated rings. The Morgan fingerprint density at radius 2 is 1.89 bits per heavy atom. The molecule has 4 heteroatoms. The van der Waals surface area contributed by atoms with Crippen LogP contribution in [0, 0.1) is 0 Å². The molecule has 96 valence electrons. The van der Waals surface area contributed by atoms with Crippen molar-refractivity contribution in [3.8, 4) is 5.75 Å². The van der Waals surface area contributed by atoms with Crippen molar-refractivity contribution in [1.82, 2.24) is 0 Å². The number of halogens is 1. The van der Waals surface area contributed by atoms with Crippen molar-refractivity contribution in [3.05, 3.63) is 53.6 Å². The van der Waals surface area contributed by atoms with Crippen LogP contribution in [-0.2, 0) is 6.42 Å². The van der Waals surface area contributed by atoms with E-state index in [2.05, 4.69) is 0 Å². The van der Waals surface area contributed by atoms with Crippen LogP contribution >= 0.6 is 11.8 Å². The summed E-state index contributed by atoms with van der Waals surface area (Å²) in [6.45, 7) is -0.887. The van der Waals surface area contributed by atoms with E-state index in [-0.39, 0.29) is 12.2 Å². The molecule has 3 rings (SSSR count). The van der Waals surface area contributed by atoms with E-state index >= 15 is 0 Å². The molecule has 0 aliphatic carbocycles. The van der Waals surface area contributed by atoms with Crippen LogP contribution in [0.5, 0.6) is 5.75 Å². The number of carbonyl (C=O) groups excluding carboxylic acids is 1. The second-order valence-corrected chi connectivity index (χ2v) is 5.27. The molecule has 1 aliphatic heterocycles. The number of ketones is 1. The maximum atomic E-state index is 12.4. The topological polar surface area (TPSA) is 26.3 Å². The van der Waals surface area contributed by atoms with Crippen molar-refractivity contribution < 1.29 is 13.9 Å². The zero-order valence-corrected chi connectivity index (χ0v) is 10.9. The van der Waals surface area contributed by atoms with Gasteiger partial charge in [0.25, 0.3) is 0 Å². The average molecular weight is 274 g/mol. The van der Waals surface area contributed by atoms with E-state index in [0.717, 1.165) is 20.9 Å². The Labute approximate surface area is 114 Å². The van der Waals surface area contributed by atoms with Gasteiger partial charge < -0.3 is 4.74 Å². The Kier molecular flexibility index (Phi) is 3.25. The fraction of sp³-hybridized carbons (Fsp3) is 0.133. The molecule has 0 N–H and O–H groups in total. The minimum absolute atomic E-state index is 0.0387. The quantitative estimate of drug-likeness (QED) is 0.831. The van der Waals surface area contributed by atoms with Crippen LogP contribution in [0.1, 0.15) is 15.9 Å². The molecule has 0 spiro atoms. The number of alkyl halides is 1. The monoisotopic (exact) mass is 274 g/mol. The minimum atomic E-state index is -0.887. The van der Waals surface area contributed by atoms with E-state index < -0.39 is 6.86 Å². The molecule has 0 unspecified atom stereocenters. The summed E-state index contributed by atoms with van der Waals surface area (Å²) < 4.78 is 17.4. The molecule has 0 bridgehead atoms. The van der Waals surface area contributed by atoms with Gasteiger partial charge in [-0.25, -0.2) is 4.39 Å². The van der Waals surface area contributed by atoms with Gasteiger partial charge in [-0.2, -0.15) is 0 Å². The third-order valence-corrected chi connectivity index (χ3v) is 4.22. The molecule has 0 radical (unpaired) electrons. The van der Waals surface area contributed by atoms with Crippen molar-refractivity contribution in [1.29, 1.82) is 0 Å². The second kappa shape index (κ2) is 5.05. The van der Waals surface area contributed by atoms with Crippen LogP contribution in [0.3, 0.4) is 0 Å². The molecule has 0 amide bonds. The fourth-order valence-electron chi connectivity index (χ4n) is 2.17. The first-order valence-electron chi connectivity index (χ1n) is 5.90. The summed E-state index contributed by atoms with van der Waals surface area (Å²) in [5.74, 6) is 0.491. The molecule has 1 heterocycles. The Balaban J connectivity index is 2.12. The third kappa shape index (κ3) is 2.24. The predicted molar refractivity (Wildman–Crippen MR) is 71.6 cm³/mol. The van der Waals surface area contributed by atoms with Gasteiger partial charge in [-0.15, -0.1) is 0 Å². The summed E-state index contributed by atoms with van der Waals surface area (Å²) in [5, 5.41) is 0. The van der Waals surface area contributed by atoms with E-state index in [1.807, 2.05) is 36.4 Å². The third-order valence-electron chi connectivity index (χ3n) is 3.04. The number of Topliss-reactive ketones (excluding diaryl/α,β-unsaturated/α-hetero) is 1. The molecule has 1 aliphatic rings. The molecule has 2 nitrogen and oxygen atoms in total. The lowest BCUT2D eigenvalue weighted by atomic mass is 10.0. The number of hydrogen-bond acceptors (Lipinski definition) is 3. The van der Waals surface area contributed by atoms with Gasteiger partial charge in [0.2, 0.25) is 6.86 Å². The van der Waals surface area contributed by atoms with Crippen molar-refractivity contribution >= 4 is 17.5 Å². The first kappa shape index (κ1) is 12.2. The van der Waals surface area contributed by atoms with Crippen molar-refractivity contribution in [2.45, 2.75) is 16.2 Å². The molecular weight excluding hydrogens is 263 g/mol. The van der Waals surface area contributed by atoms with Crippen LogP contribution in [0.2, 0.25) is 0 Å². The van der Waals surface area contributed by atoms with Gasteiger partial charge in [0.1, 0.15) is 5.75 Å². The number of hydrogen-bond donors (Lipinski definition) is 0. The highest BCUT2D eigenvalue weighted by Gasteiger charge is 2.22. The average Bonchev–Trinajstić information content (AvgIpc) is 2.56. The predicted octanol–water partition coefficient (Wildman–Crippen LogP) is 3.88. The van der Waals surface area contributed by atoms with Gasteiger partial charge in [-0.3, -0.25) is 4.79 Å². The van der Waals surface area contributed by atoms with Crippen molar-refractivity contribution in [2.24, 2.45) is 0 Å². The zero-order chi connectivity index (χ0) is 13.2. The molecular formula is C15H11FO2S. The molecule has 2 aromatic carbocycles. The van der Waals surface area contributed by atoms with Crippen LogP contribution in [-0.4, -0.2) is 12.6 Å². The number of carbonyl (C=O) groups is 1. The van der Waals surface area contributed by atoms with E-state index in [4.69, 9.17) is 4.74 Å². The van der Waals surface area contributed by atoms with Crippen LogP contribution in [0.25, 0.3) is 0 Å². The maximum Gasteiger partial charge on any atom is 0.228 e. The molecule has 0 saturated carbocycles. The standard InChI is InChI=1S/C15H11FO2S/c16-9-18-13-5-3-7-15-11(13)8-12(17)10-4-1-2-6-14(10)19-15/h1-7H,8-9H2. The smallest absolute Gasteiger partial charge is 0.228 e. The fourth-order valence-corrected chi connectivity index (χ4v) is 3.29. The van der Waals surface area contributed by atoms with Crippen LogP contribution in [0.4, 0.5) is 4.39 Å². The lowest BCUT2D eigenvalue weighted by Crippen LogP contribution is -2.05. The lowest BCUT2D eigenvalue weighted by molar-refractivity contribution is 0.0987. The largest absolute Gasteiger partial charge is 0.463 e. The Morgan fingerprint density at radius 1 is 1.11 bits per heavy atom. The molecule has 2 aromatic rings. The van der Waals surface area contributed by atoms with Gasteiger partial charge >= 0.3 is 0 Å². The lowest BCUT2D eigenvalue weighted by Gasteiger charge is -2.10. The highest BCUT2D eigenvalue weighted by Crippen LogP contribution is 2.40. The minimum Gasteiger partial charge on any atom is -0.463 e. The summed E-state index contributed by atoms with van der Waals surface area (Å²) in [4.78, 5) is 14.1. The summed E-state index contributed by atoms with van der Waals surface area (Å²) >= 11 is 1.52. The SMILES string of the molecule is O=C1Cc2c(OCF)cccc2Sc2ccccc21. The van der Waals surface area contributed by atoms with Crippen LogP contribution < -0.4 is 4.74 Å². The first-order valence-corrected chi connectivity index (χ1v) is 6.72. The number of fused-ring (bicyclic) bond motifs is 2. The first-order chi connectivity index (χ1) is 9.29. The number of rotatable bonds is 2. The summed E-state index contributed by atoms with van der Waals surface area (Å²) in [7, 11) is 0. The van der Waals surface area contributed by atoms with E-state index in [1.54, 1.807) is 6.07 Å². The molecule has 0 atom stereocenters. The second-order valence-electron chi connectivity index (χ2n) is 4.18. The molecule has 0 saturated heterocycles. The molecule has 19 heavy (non-hydrogen) atoms. The van der Waals surface area contributed by atoms with Crippen LogP contribution in [0.15, 0.2) is 52.3 Å². The van der Waals surface area contributed by atoms with E-state index in [9.17, 15) is 9.18 Å². The highest BCUT2D eigenvalue weighted by molar-refractivity contribution is 7.99. The normalized spacial score (nSPS) is 13.4. The van der Waals surface area contributed by atoms with Crippen molar-refractivity contribution in [3.63, 3.8) is 0 Å². The van der Waals surface area contributed by atoms with E-state index in [1.165, 1.54) is 11.8 Å². The summed E-state index contributed by atoms with van der Waals surface area (Å²) in [6.07, 6.45) is 0.246. The van der Waals surface area contributed by atoms with Gasteiger partial charge in [-0.1, -0.05) is 36.0 Å². The van der Waals surface area contributed by atoms with Gasteiger partial charge in [0.05, 0.1) is 0 Å². The van der Waals surface area contributed by atoms with Gasteiger partial charge in [-0.05, 0) is 18.2 Å². The molecule has 0 aromatic heterocycles. The zero-order valence-electron chi connectivity index (χ0n) is 10.1. The Morgan fingerprint density at radius 3 is 2.74 bits per heavy atom. The summed E-state index contributed by atoms with van der Waals surface area (Å²) in [6, 6.07) is 13.0. The van der Waals surface area contributed by atoms with Gasteiger partial charge in [0.15, 0.2) is 5.78 Å². The van der Waals surface area contributed by atoms with Gasteiger partial charge in [0, 0.05) is 27.3 Å².